The van der Waals surface area contributed by atoms with E-state index in [0.717, 1.165) is 6.20 Å². The van der Waals surface area contributed by atoms with Crippen LogP contribution in [0.25, 0.3) is 22.4 Å². The van der Waals surface area contributed by atoms with Crippen LogP contribution in [0.3, 0.4) is 0 Å². The fourth-order valence-corrected chi connectivity index (χ4v) is 2.22. The highest BCUT2D eigenvalue weighted by atomic mass is 19.1. The van der Waals surface area contributed by atoms with Crippen molar-refractivity contribution in [3.05, 3.63) is 54.4 Å². The first-order chi connectivity index (χ1) is 10.1. The van der Waals surface area contributed by atoms with Gasteiger partial charge in [0.1, 0.15) is 17.3 Å². The largest absolute Gasteiger partial charge is 0.383 e. The van der Waals surface area contributed by atoms with Crippen molar-refractivity contribution in [1.29, 1.82) is 0 Å². The summed E-state index contributed by atoms with van der Waals surface area (Å²) >= 11 is 0. The lowest BCUT2D eigenvalue weighted by molar-refractivity contribution is 0.623. The number of aryl methyl sites for hydroxylation is 1. The average molecular weight is 286 g/mol. The number of hydrogen-bond donors (Lipinski definition) is 1. The molecule has 4 nitrogen and oxygen atoms in total. The van der Waals surface area contributed by atoms with Gasteiger partial charge in [-0.05, 0) is 23.8 Å². The van der Waals surface area contributed by atoms with Gasteiger partial charge in [-0.25, -0.2) is 8.78 Å². The quantitative estimate of drug-likeness (QED) is 0.788. The van der Waals surface area contributed by atoms with Crippen molar-refractivity contribution in [2.75, 3.05) is 5.73 Å². The lowest BCUT2D eigenvalue weighted by Gasteiger charge is -2.05. The molecule has 0 radical (unpaired) electrons. The molecular weight excluding hydrogens is 274 g/mol. The fourth-order valence-electron chi connectivity index (χ4n) is 2.22. The number of pyridine rings is 1. The number of benzene rings is 1. The second kappa shape index (κ2) is 4.97. The molecule has 0 saturated carbocycles. The lowest BCUT2D eigenvalue weighted by Crippen LogP contribution is -1.98. The third-order valence-corrected chi connectivity index (χ3v) is 3.23. The third kappa shape index (κ3) is 2.24. The molecule has 2 aromatic heterocycles. The summed E-state index contributed by atoms with van der Waals surface area (Å²) in [5.41, 5.74) is 7.70. The Hall–Kier alpha value is -2.76. The van der Waals surface area contributed by atoms with E-state index in [0.29, 0.717) is 22.6 Å². The number of aromatic nitrogens is 3. The highest BCUT2D eigenvalue weighted by Gasteiger charge is 2.20. The maximum atomic E-state index is 14.0. The molecule has 1 aromatic carbocycles. The Morgan fingerprint density at radius 2 is 2.00 bits per heavy atom. The average Bonchev–Trinajstić information content (AvgIpc) is 2.75. The van der Waals surface area contributed by atoms with E-state index >= 15 is 0 Å². The normalized spacial score (nSPS) is 10.8. The third-order valence-electron chi connectivity index (χ3n) is 3.23. The summed E-state index contributed by atoms with van der Waals surface area (Å²) in [6.45, 7) is 0. The van der Waals surface area contributed by atoms with Crippen LogP contribution in [0.4, 0.5) is 14.6 Å². The van der Waals surface area contributed by atoms with Crippen LogP contribution < -0.4 is 5.73 Å². The number of rotatable bonds is 2. The van der Waals surface area contributed by atoms with Crippen molar-refractivity contribution in [1.82, 2.24) is 14.8 Å². The van der Waals surface area contributed by atoms with Crippen molar-refractivity contribution in [2.45, 2.75) is 0 Å². The first kappa shape index (κ1) is 13.2. The number of hydrogen-bond acceptors (Lipinski definition) is 3. The van der Waals surface area contributed by atoms with Crippen LogP contribution in [-0.4, -0.2) is 14.8 Å². The zero-order chi connectivity index (χ0) is 15.0. The van der Waals surface area contributed by atoms with E-state index in [9.17, 15) is 8.78 Å². The van der Waals surface area contributed by atoms with Crippen molar-refractivity contribution >= 4 is 5.82 Å². The molecular formula is C15H12F2N4. The van der Waals surface area contributed by atoms with Crippen molar-refractivity contribution in [2.24, 2.45) is 7.05 Å². The summed E-state index contributed by atoms with van der Waals surface area (Å²) < 4.78 is 28.9. The second-order valence-corrected chi connectivity index (χ2v) is 4.60. The molecule has 0 atom stereocenters. The van der Waals surface area contributed by atoms with E-state index in [2.05, 4.69) is 10.1 Å². The molecule has 0 aliphatic carbocycles. The van der Waals surface area contributed by atoms with E-state index in [1.165, 1.54) is 29.1 Å². The van der Waals surface area contributed by atoms with Gasteiger partial charge < -0.3 is 5.73 Å². The highest BCUT2D eigenvalue weighted by molar-refractivity contribution is 5.88. The molecule has 0 bridgehead atoms. The summed E-state index contributed by atoms with van der Waals surface area (Å²) in [5, 5.41) is 4.25. The van der Waals surface area contributed by atoms with Gasteiger partial charge >= 0.3 is 0 Å². The molecule has 106 valence electrons. The molecule has 0 amide bonds. The predicted octanol–water partition coefficient (Wildman–Crippen LogP) is 3.01. The highest BCUT2D eigenvalue weighted by Crippen LogP contribution is 2.36. The predicted molar refractivity (Wildman–Crippen MR) is 76.2 cm³/mol. The SMILES string of the molecule is Cn1nc(-c2ccncc2F)c(-c2cccc(F)c2)c1N. The number of nitrogens with zero attached hydrogens (tertiary/aromatic N) is 3. The molecule has 0 spiro atoms. The molecule has 2 N–H and O–H groups in total. The standard InChI is InChI=1S/C15H12F2N4/c1-21-15(18)13(9-3-2-4-10(16)7-9)14(20-21)11-5-6-19-8-12(11)17/h2-8H,18H2,1H3. The van der Waals surface area contributed by atoms with Crippen LogP contribution in [-0.2, 0) is 7.05 Å². The van der Waals surface area contributed by atoms with E-state index < -0.39 is 11.6 Å². The smallest absolute Gasteiger partial charge is 0.150 e. The minimum absolute atomic E-state index is 0.275. The zero-order valence-electron chi connectivity index (χ0n) is 11.2. The minimum atomic E-state index is -0.506. The maximum absolute atomic E-state index is 14.0. The van der Waals surface area contributed by atoms with Gasteiger partial charge in [0.05, 0.1) is 11.8 Å². The molecule has 3 rings (SSSR count). The van der Waals surface area contributed by atoms with Crippen molar-refractivity contribution in [3.63, 3.8) is 0 Å². The first-order valence-electron chi connectivity index (χ1n) is 6.26. The summed E-state index contributed by atoms with van der Waals surface area (Å²) in [6.07, 6.45) is 2.58. The molecule has 0 aliphatic rings. The monoisotopic (exact) mass is 286 g/mol. The van der Waals surface area contributed by atoms with Crippen LogP contribution in [0.2, 0.25) is 0 Å². The van der Waals surface area contributed by atoms with Crippen LogP contribution in [0.1, 0.15) is 0 Å². The minimum Gasteiger partial charge on any atom is -0.383 e. The van der Waals surface area contributed by atoms with E-state index in [1.54, 1.807) is 19.2 Å². The van der Waals surface area contributed by atoms with Crippen molar-refractivity contribution in [3.8, 4) is 22.4 Å². The number of nitrogen functional groups attached to an aromatic ring is 1. The van der Waals surface area contributed by atoms with Gasteiger partial charge in [-0.2, -0.15) is 5.10 Å². The van der Waals surface area contributed by atoms with Gasteiger partial charge in [-0.1, -0.05) is 12.1 Å². The summed E-state index contributed by atoms with van der Waals surface area (Å²) in [6, 6.07) is 7.47. The van der Waals surface area contributed by atoms with Gasteiger partial charge in [0.2, 0.25) is 0 Å². The number of anilines is 1. The maximum Gasteiger partial charge on any atom is 0.150 e. The Morgan fingerprint density at radius 3 is 2.71 bits per heavy atom. The van der Waals surface area contributed by atoms with E-state index in [1.807, 2.05) is 0 Å². The van der Waals surface area contributed by atoms with Crippen LogP contribution in [0.5, 0.6) is 0 Å². The molecule has 0 aliphatic heterocycles. The molecule has 0 unspecified atom stereocenters. The van der Waals surface area contributed by atoms with Gasteiger partial charge in [-0.15, -0.1) is 0 Å². The van der Waals surface area contributed by atoms with Gasteiger partial charge in [0, 0.05) is 18.8 Å². The summed E-state index contributed by atoms with van der Waals surface area (Å²) in [5.74, 6) is -0.558. The Kier molecular flexibility index (Phi) is 3.13. The molecule has 3 aromatic rings. The van der Waals surface area contributed by atoms with Crippen LogP contribution in [0.15, 0.2) is 42.7 Å². The molecule has 21 heavy (non-hydrogen) atoms. The van der Waals surface area contributed by atoms with Gasteiger partial charge in [0.15, 0.2) is 5.82 Å². The molecule has 6 heteroatoms. The van der Waals surface area contributed by atoms with E-state index in [-0.39, 0.29) is 5.56 Å². The summed E-state index contributed by atoms with van der Waals surface area (Å²) in [4.78, 5) is 3.72. The zero-order valence-corrected chi connectivity index (χ0v) is 11.2. The molecule has 2 heterocycles. The Labute approximate surface area is 119 Å². The van der Waals surface area contributed by atoms with Gasteiger partial charge in [-0.3, -0.25) is 9.67 Å². The van der Waals surface area contributed by atoms with E-state index in [4.69, 9.17) is 5.73 Å². The Morgan fingerprint density at radius 1 is 1.19 bits per heavy atom. The molecule has 0 saturated heterocycles. The first-order valence-corrected chi connectivity index (χ1v) is 6.26. The lowest BCUT2D eigenvalue weighted by atomic mass is 10.0. The van der Waals surface area contributed by atoms with Gasteiger partial charge in [0.25, 0.3) is 0 Å². The molecule has 0 fully saturated rings. The number of nitrogens with two attached hydrogens (primary N) is 1. The second-order valence-electron chi connectivity index (χ2n) is 4.60. The Balaban J connectivity index is 2.29. The Bertz CT molecular complexity index is 811. The van der Waals surface area contributed by atoms with Crippen LogP contribution >= 0.6 is 0 Å². The van der Waals surface area contributed by atoms with Crippen molar-refractivity contribution < 1.29 is 8.78 Å². The number of halogens is 2. The summed E-state index contributed by atoms with van der Waals surface area (Å²) in [7, 11) is 1.65. The fraction of sp³-hybridized carbons (Fsp3) is 0.0667. The van der Waals surface area contributed by atoms with Crippen LogP contribution in [0, 0.1) is 11.6 Å². The topological polar surface area (TPSA) is 56.7 Å².